The predicted molar refractivity (Wildman–Crippen MR) is 103 cm³/mol. The summed E-state index contributed by atoms with van der Waals surface area (Å²) in [4.78, 5) is 0. The molecular weight excluding hydrogens is 292 g/mol. The summed E-state index contributed by atoms with van der Waals surface area (Å²) in [7, 11) is 0. The Morgan fingerprint density at radius 1 is 0.792 bits per heavy atom. The molecule has 0 atom stereocenters. The Morgan fingerprint density at radius 2 is 1.62 bits per heavy atom. The third kappa shape index (κ3) is 3.97. The molecular formula is C23H26O. The molecule has 0 heterocycles. The second kappa shape index (κ2) is 8.01. The van der Waals surface area contributed by atoms with E-state index in [1.807, 2.05) is 6.07 Å². The van der Waals surface area contributed by atoms with Crippen molar-refractivity contribution in [2.75, 3.05) is 0 Å². The fraction of sp³-hybridized carbons (Fsp3) is 0.304. The van der Waals surface area contributed by atoms with Gasteiger partial charge in [0, 0.05) is 0 Å². The summed E-state index contributed by atoms with van der Waals surface area (Å²) < 4.78 is 0. The molecule has 1 heteroatoms. The first-order valence-corrected chi connectivity index (χ1v) is 9.05. The first-order valence-electron chi connectivity index (χ1n) is 9.05. The zero-order chi connectivity index (χ0) is 16.8. The van der Waals surface area contributed by atoms with Gasteiger partial charge >= 0.3 is 0 Å². The van der Waals surface area contributed by atoms with Crippen molar-refractivity contribution in [1.82, 2.24) is 0 Å². The second-order valence-electron chi connectivity index (χ2n) is 6.59. The Kier molecular flexibility index (Phi) is 5.53. The molecule has 0 unspecified atom stereocenters. The number of aromatic hydroxyl groups is 1. The summed E-state index contributed by atoms with van der Waals surface area (Å²) in [5.41, 5.74) is 3.55. The molecule has 0 aliphatic heterocycles. The zero-order valence-corrected chi connectivity index (χ0v) is 14.5. The van der Waals surface area contributed by atoms with Crippen LogP contribution in [0, 0.1) is 0 Å². The van der Waals surface area contributed by atoms with Gasteiger partial charge in [0.1, 0.15) is 5.75 Å². The normalized spacial score (nSPS) is 11.0. The van der Waals surface area contributed by atoms with Crippen LogP contribution >= 0.6 is 0 Å². The Bertz CT molecular complexity index is 799. The van der Waals surface area contributed by atoms with Gasteiger partial charge in [-0.1, -0.05) is 80.8 Å². The molecule has 0 aromatic heterocycles. The van der Waals surface area contributed by atoms with E-state index in [0.717, 1.165) is 24.8 Å². The molecule has 0 bridgehead atoms. The second-order valence-corrected chi connectivity index (χ2v) is 6.59. The van der Waals surface area contributed by atoms with Crippen LogP contribution in [0.3, 0.4) is 0 Å². The van der Waals surface area contributed by atoms with E-state index in [9.17, 15) is 5.11 Å². The minimum atomic E-state index is 0.448. The lowest BCUT2D eigenvalue weighted by molar-refractivity contribution is 0.465. The average Bonchev–Trinajstić information content (AvgIpc) is 2.61. The van der Waals surface area contributed by atoms with Gasteiger partial charge in [-0.15, -0.1) is 0 Å². The van der Waals surface area contributed by atoms with Crippen LogP contribution in [0.5, 0.6) is 5.75 Å². The van der Waals surface area contributed by atoms with E-state index >= 15 is 0 Å². The number of aryl methyl sites for hydroxylation is 1. The van der Waals surface area contributed by atoms with Crippen LogP contribution in [0.4, 0.5) is 0 Å². The fourth-order valence-electron chi connectivity index (χ4n) is 3.34. The summed E-state index contributed by atoms with van der Waals surface area (Å²) in [6.07, 6.45) is 6.75. The highest BCUT2D eigenvalue weighted by Gasteiger charge is 2.06. The van der Waals surface area contributed by atoms with Crippen molar-refractivity contribution in [2.24, 2.45) is 0 Å². The molecule has 0 aliphatic rings. The first kappa shape index (κ1) is 16.6. The highest BCUT2D eigenvalue weighted by Crippen LogP contribution is 2.25. The molecule has 0 aliphatic carbocycles. The average molecular weight is 318 g/mol. The maximum absolute atomic E-state index is 10.3. The van der Waals surface area contributed by atoms with E-state index in [4.69, 9.17) is 0 Å². The van der Waals surface area contributed by atoms with Crippen LogP contribution in [-0.2, 0) is 12.8 Å². The maximum Gasteiger partial charge on any atom is 0.119 e. The van der Waals surface area contributed by atoms with E-state index in [-0.39, 0.29) is 0 Å². The first-order chi connectivity index (χ1) is 11.8. The van der Waals surface area contributed by atoms with Crippen LogP contribution in [0.1, 0.15) is 49.3 Å². The lowest BCUT2D eigenvalue weighted by Crippen LogP contribution is -1.93. The Morgan fingerprint density at radius 3 is 2.46 bits per heavy atom. The van der Waals surface area contributed by atoms with Gasteiger partial charge in [0.2, 0.25) is 0 Å². The molecule has 24 heavy (non-hydrogen) atoms. The number of rotatable bonds is 7. The molecule has 3 aromatic rings. The number of fused-ring (bicyclic) bond motifs is 1. The third-order valence-corrected chi connectivity index (χ3v) is 4.72. The van der Waals surface area contributed by atoms with Gasteiger partial charge in [0.05, 0.1) is 0 Å². The molecule has 0 fully saturated rings. The summed E-state index contributed by atoms with van der Waals surface area (Å²) in [6, 6.07) is 21.1. The number of benzene rings is 3. The van der Waals surface area contributed by atoms with Crippen molar-refractivity contribution in [3.8, 4) is 5.75 Å². The third-order valence-electron chi connectivity index (χ3n) is 4.72. The van der Waals surface area contributed by atoms with E-state index < -0.39 is 0 Å². The lowest BCUT2D eigenvalue weighted by atomic mass is 9.96. The largest absolute Gasteiger partial charge is 0.508 e. The van der Waals surface area contributed by atoms with Gasteiger partial charge in [-0.25, -0.2) is 0 Å². The van der Waals surface area contributed by atoms with Gasteiger partial charge in [0.25, 0.3) is 0 Å². The molecule has 3 rings (SSSR count). The molecule has 0 amide bonds. The SMILES string of the molecule is CCCCCCc1ccc(Cc2cccc3ccccc23)cc1O. The number of unbranched alkanes of at least 4 members (excludes halogenated alkanes) is 3. The van der Waals surface area contributed by atoms with E-state index in [0.29, 0.717) is 5.75 Å². The molecule has 1 N–H and O–H groups in total. The summed E-state index contributed by atoms with van der Waals surface area (Å²) in [6.45, 7) is 2.22. The number of phenols is 1. The highest BCUT2D eigenvalue weighted by molar-refractivity contribution is 5.85. The molecule has 1 nitrogen and oxygen atoms in total. The topological polar surface area (TPSA) is 20.2 Å². The van der Waals surface area contributed by atoms with Crippen molar-refractivity contribution in [3.05, 3.63) is 77.4 Å². The lowest BCUT2D eigenvalue weighted by Gasteiger charge is -2.10. The zero-order valence-electron chi connectivity index (χ0n) is 14.5. The van der Waals surface area contributed by atoms with Gasteiger partial charge in [0.15, 0.2) is 0 Å². The van der Waals surface area contributed by atoms with Crippen molar-refractivity contribution >= 4 is 10.8 Å². The maximum atomic E-state index is 10.3. The molecule has 0 saturated heterocycles. The molecule has 124 valence electrons. The van der Waals surface area contributed by atoms with E-state index in [2.05, 4.69) is 61.5 Å². The van der Waals surface area contributed by atoms with Crippen LogP contribution in [0.15, 0.2) is 60.7 Å². The monoisotopic (exact) mass is 318 g/mol. The minimum absolute atomic E-state index is 0.448. The van der Waals surface area contributed by atoms with Gasteiger partial charge < -0.3 is 5.11 Å². The van der Waals surface area contributed by atoms with E-state index in [1.165, 1.54) is 41.2 Å². The molecule has 3 aromatic carbocycles. The smallest absolute Gasteiger partial charge is 0.119 e. The number of hydrogen-bond donors (Lipinski definition) is 1. The summed E-state index contributed by atoms with van der Waals surface area (Å²) in [5.74, 6) is 0.448. The summed E-state index contributed by atoms with van der Waals surface area (Å²) >= 11 is 0. The van der Waals surface area contributed by atoms with Crippen LogP contribution in [0.25, 0.3) is 10.8 Å². The van der Waals surface area contributed by atoms with Crippen LogP contribution in [-0.4, -0.2) is 5.11 Å². The summed E-state index contributed by atoms with van der Waals surface area (Å²) in [5, 5.41) is 12.9. The van der Waals surface area contributed by atoms with Crippen molar-refractivity contribution in [1.29, 1.82) is 0 Å². The molecule has 0 radical (unpaired) electrons. The Balaban J connectivity index is 1.74. The van der Waals surface area contributed by atoms with Gasteiger partial charge in [-0.3, -0.25) is 0 Å². The van der Waals surface area contributed by atoms with Crippen molar-refractivity contribution in [2.45, 2.75) is 45.4 Å². The van der Waals surface area contributed by atoms with E-state index in [1.54, 1.807) is 0 Å². The highest BCUT2D eigenvalue weighted by atomic mass is 16.3. The van der Waals surface area contributed by atoms with Gasteiger partial charge in [-0.05, 0) is 52.8 Å². The van der Waals surface area contributed by atoms with Crippen LogP contribution < -0.4 is 0 Å². The standard InChI is InChI=1S/C23H26O/c1-2-3-4-5-10-20-15-14-18(17-23(20)24)16-21-12-8-11-19-9-6-7-13-22(19)21/h6-9,11-15,17,24H,2-5,10,16H2,1H3. The fourth-order valence-corrected chi connectivity index (χ4v) is 3.34. The number of phenolic OH excluding ortho intramolecular Hbond substituents is 1. The molecule has 0 saturated carbocycles. The Labute approximate surface area is 145 Å². The van der Waals surface area contributed by atoms with Crippen molar-refractivity contribution in [3.63, 3.8) is 0 Å². The predicted octanol–water partition coefficient (Wildman–Crippen LogP) is 6.26. The Hall–Kier alpha value is -2.28. The molecule has 0 spiro atoms. The minimum Gasteiger partial charge on any atom is -0.508 e. The number of hydrogen-bond acceptors (Lipinski definition) is 1. The van der Waals surface area contributed by atoms with Crippen molar-refractivity contribution < 1.29 is 5.11 Å². The van der Waals surface area contributed by atoms with Crippen LogP contribution in [0.2, 0.25) is 0 Å². The quantitative estimate of drug-likeness (QED) is 0.510. The van der Waals surface area contributed by atoms with Gasteiger partial charge in [-0.2, -0.15) is 0 Å².